The number of nitrogens with zero attached hydrogens (tertiary/aromatic N) is 2. The predicted octanol–water partition coefficient (Wildman–Crippen LogP) is 0.171. The quantitative estimate of drug-likeness (QED) is 0.771. The summed E-state index contributed by atoms with van der Waals surface area (Å²) in [5.41, 5.74) is 0.793. The van der Waals surface area contributed by atoms with Gasteiger partial charge in [0.05, 0.1) is 28.0 Å². The summed E-state index contributed by atoms with van der Waals surface area (Å²) in [4.78, 5) is 3.61. The van der Waals surface area contributed by atoms with Crippen LogP contribution in [0.4, 0.5) is 0 Å². The lowest BCUT2D eigenvalue weighted by Gasteiger charge is -2.02. The van der Waals surface area contributed by atoms with Crippen molar-refractivity contribution in [3.05, 3.63) is 24.5 Å². The lowest BCUT2D eigenvalue weighted by Crippen LogP contribution is -2.10. The SMILES string of the molecule is O=S(=O)(O)CCn1cnc2cc(S(=O)(=O)O)ccc21. The summed E-state index contributed by atoms with van der Waals surface area (Å²) in [6.45, 7) is -0.0133. The lowest BCUT2D eigenvalue weighted by molar-refractivity contribution is 0.478. The van der Waals surface area contributed by atoms with Crippen LogP contribution in [0.1, 0.15) is 0 Å². The van der Waals surface area contributed by atoms with Crippen LogP contribution >= 0.6 is 0 Å². The van der Waals surface area contributed by atoms with Gasteiger partial charge in [0.15, 0.2) is 0 Å². The molecule has 1 aromatic carbocycles. The maximum atomic E-state index is 10.9. The fourth-order valence-electron chi connectivity index (χ4n) is 1.60. The van der Waals surface area contributed by atoms with Crippen molar-refractivity contribution in [2.45, 2.75) is 11.4 Å². The van der Waals surface area contributed by atoms with E-state index in [9.17, 15) is 16.8 Å². The van der Waals surface area contributed by atoms with E-state index in [1.165, 1.54) is 29.1 Å². The van der Waals surface area contributed by atoms with Gasteiger partial charge in [-0.25, -0.2) is 4.98 Å². The molecule has 0 saturated carbocycles. The lowest BCUT2D eigenvalue weighted by atomic mass is 10.3. The van der Waals surface area contributed by atoms with Crippen molar-refractivity contribution in [1.29, 1.82) is 0 Å². The van der Waals surface area contributed by atoms with Crippen LogP contribution in [0.2, 0.25) is 0 Å². The number of rotatable bonds is 4. The van der Waals surface area contributed by atoms with E-state index in [1.807, 2.05) is 0 Å². The average molecular weight is 306 g/mol. The van der Waals surface area contributed by atoms with Crippen LogP contribution in [0.5, 0.6) is 0 Å². The van der Waals surface area contributed by atoms with E-state index in [0.717, 1.165) is 0 Å². The van der Waals surface area contributed by atoms with Gasteiger partial charge in [-0.05, 0) is 18.2 Å². The first-order valence-corrected chi connectivity index (χ1v) is 8.09. The molecule has 0 saturated heterocycles. The highest BCUT2D eigenvalue weighted by atomic mass is 32.2. The Morgan fingerprint density at radius 1 is 1.16 bits per heavy atom. The number of benzene rings is 1. The average Bonchev–Trinajstić information content (AvgIpc) is 2.66. The normalized spacial score (nSPS) is 12.9. The topological polar surface area (TPSA) is 127 Å². The molecule has 0 aliphatic carbocycles. The maximum Gasteiger partial charge on any atom is 0.294 e. The number of aromatic nitrogens is 2. The minimum atomic E-state index is -4.31. The van der Waals surface area contributed by atoms with E-state index in [0.29, 0.717) is 11.0 Å². The minimum absolute atomic E-state index is 0.0133. The molecule has 1 heterocycles. The molecule has 0 bridgehead atoms. The van der Waals surface area contributed by atoms with Gasteiger partial charge in [-0.1, -0.05) is 0 Å². The number of imidazole rings is 1. The number of fused-ring (bicyclic) bond motifs is 1. The van der Waals surface area contributed by atoms with Gasteiger partial charge in [-0.15, -0.1) is 0 Å². The predicted molar refractivity (Wildman–Crippen MR) is 66.0 cm³/mol. The second kappa shape index (κ2) is 4.56. The Bertz CT molecular complexity index is 822. The van der Waals surface area contributed by atoms with E-state index in [-0.39, 0.29) is 11.4 Å². The molecule has 0 spiro atoms. The van der Waals surface area contributed by atoms with Gasteiger partial charge >= 0.3 is 0 Å². The summed E-state index contributed by atoms with van der Waals surface area (Å²) >= 11 is 0. The van der Waals surface area contributed by atoms with Crippen molar-refractivity contribution in [2.75, 3.05) is 5.75 Å². The molecule has 2 aromatic rings. The van der Waals surface area contributed by atoms with Gasteiger partial charge in [0, 0.05) is 6.54 Å². The Kier molecular flexibility index (Phi) is 3.34. The Hall–Kier alpha value is -1.49. The van der Waals surface area contributed by atoms with Crippen molar-refractivity contribution >= 4 is 31.3 Å². The Labute approximate surface area is 109 Å². The van der Waals surface area contributed by atoms with Crippen LogP contribution in [0, 0.1) is 0 Å². The number of aryl methyl sites for hydroxylation is 1. The van der Waals surface area contributed by atoms with Gasteiger partial charge < -0.3 is 4.57 Å². The fraction of sp³-hybridized carbons (Fsp3) is 0.222. The summed E-state index contributed by atoms with van der Waals surface area (Å²) in [6, 6.07) is 3.76. The Morgan fingerprint density at radius 3 is 2.42 bits per heavy atom. The largest absolute Gasteiger partial charge is 0.329 e. The summed E-state index contributed by atoms with van der Waals surface area (Å²) in [5.74, 6) is -0.474. The van der Waals surface area contributed by atoms with Crippen LogP contribution in [0.3, 0.4) is 0 Å². The molecule has 8 nitrogen and oxygen atoms in total. The highest BCUT2D eigenvalue weighted by molar-refractivity contribution is 7.86. The van der Waals surface area contributed by atoms with Crippen molar-refractivity contribution in [3.63, 3.8) is 0 Å². The third kappa shape index (κ3) is 3.29. The first-order chi connectivity index (χ1) is 8.67. The van der Waals surface area contributed by atoms with E-state index in [4.69, 9.17) is 9.11 Å². The molecule has 2 N–H and O–H groups in total. The summed E-state index contributed by atoms with van der Waals surface area (Å²) in [7, 11) is -8.39. The molecular weight excluding hydrogens is 296 g/mol. The van der Waals surface area contributed by atoms with E-state index < -0.39 is 26.0 Å². The monoisotopic (exact) mass is 306 g/mol. The molecule has 104 valence electrons. The standard InChI is InChI=1S/C9H10N2O6S2/c12-18(13,14)4-3-11-6-10-8-5-7(19(15,16)17)1-2-9(8)11/h1-2,5-6H,3-4H2,(H,12,13,14)(H,15,16,17). The molecule has 0 fully saturated rings. The third-order valence-corrected chi connectivity index (χ3v) is 4.03. The second-order valence-electron chi connectivity index (χ2n) is 3.85. The zero-order chi connectivity index (χ0) is 14.3. The molecule has 0 atom stereocenters. The van der Waals surface area contributed by atoms with E-state index in [2.05, 4.69) is 4.98 Å². The van der Waals surface area contributed by atoms with Crippen LogP contribution in [-0.2, 0) is 26.8 Å². The molecule has 1 aromatic heterocycles. The maximum absolute atomic E-state index is 10.9. The Morgan fingerprint density at radius 2 is 1.84 bits per heavy atom. The van der Waals surface area contributed by atoms with Crippen LogP contribution in [-0.4, -0.2) is 41.2 Å². The highest BCUT2D eigenvalue weighted by Crippen LogP contribution is 2.18. The zero-order valence-electron chi connectivity index (χ0n) is 9.46. The van der Waals surface area contributed by atoms with Gasteiger partial charge in [0.25, 0.3) is 20.2 Å². The fourth-order valence-corrected chi connectivity index (χ4v) is 2.52. The summed E-state index contributed by atoms with van der Waals surface area (Å²) in [6.07, 6.45) is 1.32. The van der Waals surface area contributed by atoms with Crippen molar-refractivity contribution < 1.29 is 25.9 Å². The number of hydrogen-bond acceptors (Lipinski definition) is 5. The summed E-state index contributed by atoms with van der Waals surface area (Å²) < 4.78 is 62.2. The molecule has 0 aliphatic rings. The Balaban J connectivity index is 2.40. The summed E-state index contributed by atoms with van der Waals surface area (Å²) in [5, 5.41) is 0. The highest BCUT2D eigenvalue weighted by Gasteiger charge is 2.13. The molecule has 0 amide bonds. The van der Waals surface area contributed by atoms with Crippen molar-refractivity contribution in [2.24, 2.45) is 0 Å². The van der Waals surface area contributed by atoms with Gasteiger partial charge in [-0.2, -0.15) is 16.8 Å². The van der Waals surface area contributed by atoms with Crippen LogP contribution in [0.15, 0.2) is 29.4 Å². The van der Waals surface area contributed by atoms with Gasteiger partial charge in [0.2, 0.25) is 0 Å². The van der Waals surface area contributed by atoms with E-state index in [1.54, 1.807) is 0 Å². The molecule has 10 heteroatoms. The molecule has 0 aliphatic heterocycles. The van der Waals surface area contributed by atoms with E-state index >= 15 is 0 Å². The van der Waals surface area contributed by atoms with Gasteiger partial charge in [0.1, 0.15) is 0 Å². The first kappa shape index (κ1) is 13.9. The zero-order valence-corrected chi connectivity index (χ0v) is 11.1. The van der Waals surface area contributed by atoms with Crippen LogP contribution in [0.25, 0.3) is 11.0 Å². The van der Waals surface area contributed by atoms with Crippen LogP contribution < -0.4 is 0 Å². The third-order valence-electron chi connectivity index (χ3n) is 2.48. The first-order valence-electron chi connectivity index (χ1n) is 5.04. The minimum Gasteiger partial charge on any atom is -0.329 e. The van der Waals surface area contributed by atoms with Crippen molar-refractivity contribution in [1.82, 2.24) is 9.55 Å². The molecule has 2 rings (SSSR count). The molecule has 19 heavy (non-hydrogen) atoms. The van der Waals surface area contributed by atoms with Gasteiger partial charge in [-0.3, -0.25) is 9.11 Å². The second-order valence-corrected chi connectivity index (χ2v) is 6.84. The molecular formula is C9H10N2O6S2. The molecule has 0 unspecified atom stereocenters. The van der Waals surface area contributed by atoms with Crippen molar-refractivity contribution in [3.8, 4) is 0 Å². The molecule has 0 radical (unpaired) electrons. The number of hydrogen-bond donors (Lipinski definition) is 2. The smallest absolute Gasteiger partial charge is 0.294 e.